The molecule has 2 heteroatoms. The fourth-order valence-corrected chi connectivity index (χ4v) is 2.62. The van der Waals surface area contributed by atoms with Crippen molar-refractivity contribution in [3.8, 4) is 0 Å². The normalized spacial score (nSPS) is 11.9. The topological polar surface area (TPSA) is 28.9 Å². The molecular weight excluding hydrogens is 222 g/mol. The average molecular weight is 235 g/mol. The minimum absolute atomic E-state index is 0.948. The van der Waals surface area contributed by atoms with E-state index in [0.29, 0.717) is 0 Å². The van der Waals surface area contributed by atoms with Gasteiger partial charge in [-0.2, -0.15) is 0 Å². The highest BCUT2D eigenvalue weighted by molar-refractivity contribution is 6.14. The van der Waals surface area contributed by atoms with E-state index in [0.717, 1.165) is 27.6 Å². The third-order valence-corrected chi connectivity index (χ3v) is 3.52. The molecule has 4 aromatic rings. The van der Waals surface area contributed by atoms with E-state index in [1.165, 1.54) is 16.5 Å². The Balaban J connectivity index is 2.25. The van der Waals surface area contributed by atoms with Gasteiger partial charge >= 0.3 is 0 Å². The molecule has 1 N–H and O–H groups in total. The number of benzene rings is 2. The lowest BCUT2D eigenvalue weighted by Gasteiger charge is -1.94. The van der Waals surface area contributed by atoms with Gasteiger partial charge < -0.3 is 9.40 Å². The van der Waals surface area contributed by atoms with Crippen LogP contribution in [0.1, 0.15) is 11.1 Å². The van der Waals surface area contributed by atoms with Crippen LogP contribution in [-0.2, 0) is 0 Å². The van der Waals surface area contributed by atoms with Gasteiger partial charge in [0, 0.05) is 16.3 Å². The molecular formula is C16H13NO. The summed E-state index contributed by atoms with van der Waals surface area (Å²) >= 11 is 0. The summed E-state index contributed by atoms with van der Waals surface area (Å²) in [6, 6.07) is 12.7. The van der Waals surface area contributed by atoms with Gasteiger partial charge in [0.15, 0.2) is 5.58 Å². The standard InChI is InChI=1S/C16H13NO/c1-9-4-6-14-12(7-9)15-16(18-14)11-5-3-10(2)8-13(11)17-15/h3-8,17H,1-2H3. The van der Waals surface area contributed by atoms with E-state index >= 15 is 0 Å². The summed E-state index contributed by atoms with van der Waals surface area (Å²) < 4.78 is 5.97. The van der Waals surface area contributed by atoms with Crippen LogP contribution in [0.15, 0.2) is 40.8 Å². The molecule has 4 rings (SSSR count). The fourth-order valence-electron chi connectivity index (χ4n) is 2.62. The van der Waals surface area contributed by atoms with Crippen LogP contribution in [-0.4, -0.2) is 4.98 Å². The minimum Gasteiger partial charge on any atom is -0.454 e. The summed E-state index contributed by atoms with van der Waals surface area (Å²) in [5.74, 6) is 0. The van der Waals surface area contributed by atoms with Crippen molar-refractivity contribution in [2.75, 3.05) is 0 Å². The van der Waals surface area contributed by atoms with Crippen LogP contribution in [0, 0.1) is 13.8 Å². The van der Waals surface area contributed by atoms with E-state index in [2.05, 4.69) is 49.2 Å². The molecule has 0 bridgehead atoms. The summed E-state index contributed by atoms with van der Waals surface area (Å²) in [7, 11) is 0. The maximum atomic E-state index is 5.97. The smallest absolute Gasteiger partial charge is 0.160 e. The molecule has 2 heterocycles. The van der Waals surface area contributed by atoms with Crippen molar-refractivity contribution in [2.24, 2.45) is 0 Å². The van der Waals surface area contributed by atoms with Gasteiger partial charge in [0.25, 0.3) is 0 Å². The maximum Gasteiger partial charge on any atom is 0.160 e. The number of hydrogen-bond acceptors (Lipinski definition) is 1. The zero-order valence-electron chi connectivity index (χ0n) is 10.4. The molecule has 0 radical (unpaired) electrons. The van der Waals surface area contributed by atoms with Crippen LogP contribution in [0.4, 0.5) is 0 Å². The van der Waals surface area contributed by atoms with Gasteiger partial charge in [-0.3, -0.25) is 0 Å². The van der Waals surface area contributed by atoms with Crippen LogP contribution in [0.5, 0.6) is 0 Å². The van der Waals surface area contributed by atoms with Gasteiger partial charge in [0.2, 0.25) is 0 Å². The molecule has 0 aliphatic rings. The number of hydrogen-bond donors (Lipinski definition) is 1. The number of furan rings is 1. The summed E-state index contributed by atoms with van der Waals surface area (Å²) in [4.78, 5) is 3.48. The highest BCUT2D eigenvalue weighted by Gasteiger charge is 2.12. The van der Waals surface area contributed by atoms with Crippen LogP contribution in [0.25, 0.3) is 33.0 Å². The lowest BCUT2D eigenvalue weighted by atomic mass is 10.1. The Bertz CT molecular complexity index is 896. The Kier molecular flexibility index (Phi) is 1.72. The second-order valence-electron chi connectivity index (χ2n) is 4.98. The highest BCUT2D eigenvalue weighted by atomic mass is 16.3. The van der Waals surface area contributed by atoms with Crippen molar-refractivity contribution in [3.63, 3.8) is 0 Å². The lowest BCUT2D eigenvalue weighted by molar-refractivity contribution is 0.673. The third kappa shape index (κ3) is 1.17. The van der Waals surface area contributed by atoms with Gasteiger partial charge in [0.05, 0.1) is 5.52 Å². The first kappa shape index (κ1) is 9.77. The number of nitrogens with one attached hydrogen (secondary N) is 1. The van der Waals surface area contributed by atoms with Gasteiger partial charge in [-0.25, -0.2) is 0 Å². The third-order valence-electron chi connectivity index (χ3n) is 3.52. The van der Waals surface area contributed by atoms with Crippen molar-refractivity contribution in [2.45, 2.75) is 13.8 Å². The first-order chi connectivity index (χ1) is 8.72. The molecule has 0 amide bonds. The molecule has 0 saturated carbocycles. The minimum atomic E-state index is 0.948. The van der Waals surface area contributed by atoms with Crippen LogP contribution in [0.3, 0.4) is 0 Å². The van der Waals surface area contributed by atoms with Crippen LogP contribution in [0.2, 0.25) is 0 Å². The SMILES string of the molecule is Cc1ccc2c(c1)[nH]c1c3cc(C)ccc3oc21. The highest BCUT2D eigenvalue weighted by Crippen LogP contribution is 2.34. The largest absolute Gasteiger partial charge is 0.454 e. The molecule has 2 nitrogen and oxygen atoms in total. The van der Waals surface area contributed by atoms with E-state index < -0.39 is 0 Å². The summed E-state index contributed by atoms with van der Waals surface area (Å²) in [5, 5.41) is 2.32. The number of aromatic amines is 1. The molecule has 0 saturated heterocycles. The number of rotatable bonds is 0. The van der Waals surface area contributed by atoms with Gasteiger partial charge in [0.1, 0.15) is 5.58 Å². The monoisotopic (exact) mass is 235 g/mol. The Morgan fingerprint density at radius 1 is 0.889 bits per heavy atom. The number of H-pyrrole nitrogens is 1. The Labute approximate surface area is 104 Å². The van der Waals surface area contributed by atoms with Crippen molar-refractivity contribution >= 4 is 33.0 Å². The predicted octanol–water partition coefficient (Wildman–Crippen LogP) is 4.68. The number of aryl methyl sites for hydroxylation is 2. The lowest BCUT2D eigenvalue weighted by Crippen LogP contribution is -1.73. The summed E-state index contributed by atoms with van der Waals surface area (Å²) in [6.45, 7) is 4.20. The van der Waals surface area contributed by atoms with E-state index in [1.807, 2.05) is 6.07 Å². The van der Waals surface area contributed by atoms with E-state index in [9.17, 15) is 0 Å². The molecule has 0 atom stereocenters. The fraction of sp³-hybridized carbons (Fsp3) is 0.125. The van der Waals surface area contributed by atoms with E-state index in [-0.39, 0.29) is 0 Å². The number of fused-ring (bicyclic) bond motifs is 5. The summed E-state index contributed by atoms with van der Waals surface area (Å²) in [6.07, 6.45) is 0. The molecule has 0 aliphatic heterocycles. The van der Waals surface area contributed by atoms with E-state index in [1.54, 1.807) is 0 Å². The van der Waals surface area contributed by atoms with Gasteiger partial charge in [-0.1, -0.05) is 17.7 Å². The van der Waals surface area contributed by atoms with Gasteiger partial charge in [-0.15, -0.1) is 0 Å². The maximum absolute atomic E-state index is 5.97. The molecule has 0 spiro atoms. The molecule has 18 heavy (non-hydrogen) atoms. The average Bonchev–Trinajstić information content (AvgIpc) is 2.84. The number of aromatic nitrogens is 1. The Hall–Kier alpha value is -2.22. The zero-order valence-corrected chi connectivity index (χ0v) is 10.4. The van der Waals surface area contributed by atoms with Crippen LogP contribution < -0.4 is 0 Å². The predicted molar refractivity (Wildman–Crippen MR) is 75.1 cm³/mol. The molecule has 0 unspecified atom stereocenters. The second-order valence-corrected chi connectivity index (χ2v) is 4.98. The van der Waals surface area contributed by atoms with Gasteiger partial charge in [-0.05, 0) is 43.7 Å². The Morgan fingerprint density at radius 2 is 1.67 bits per heavy atom. The van der Waals surface area contributed by atoms with Crippen LogP contribution >= 0.6 is 0 Å². The first-order valence-corrected chi connectivity index (χ1v) is 6.13. The summed E-state index contributed by atoms with van der Waals surface area (Å²) in [5.41, 5.74) is 6.67. The second kappa shape index (κ2) is 3.16. The molecule has 2 aromatic heterocycles. The van der Waals surface area contributed by atoms with Crippen molar-refractivity contribution in [3.05, 3.63) is 47.5 Å². The molecule has 0 aliphatic carbocycles. The molecule has 0 fully saturated rings. The molecule has 88 valence electrons. The quantitative estimate of drug-likeness (QED) is 0.471. The van der Waals surface area contributed by atoms with Crippen molar-refractivity contribution < 1.29 is 4.42 Å². The first-order valence-electron chi connectivity index (χ1n) is 6.13. The zero-order chi connectivity index (χ0) is 12.3. The Morgan fingerprint density at radius 3 is 2.56 bits per heavy atom. The molecule has 2 aromatic carbocycles. The van der Waals surface area contributed by atoms with Crippen molar-refractivity contribution in [1.82, 2.24) is 4.98 Å². The van der Waals surface area contributed by atoms with Crippen molar-refractivity contribution in [1.29, 1.82) is 0 Å². The van der Waals surface area contributed by atoms with E-state index in [4.69, 9.17) is 4.42 Å².